The van der Waals surface area contributed by atoms with Crippen LogP contribution in [0.5, 0.6) is 0 Å². The van der Waals surface area contributed by atoms with Crippen LogP contribution in [0.4, 0.5) is 5.95 Å². The molecule has 0 radical (unpaired) electrons. The van der Waals surface area contributed by atoms with Crippen LogP contribution in [0.25, 0.3) is 16.2 Å². The normalized spacial score (nSPS) is 16.4. The fourth-order valence-corrected chi connectivity index (χ4v) is 3.04. The highest BCUT2D eigenvalue weighted by Crippen LogP contribution is 2.33. The van der Waals surface area contributed by atoms with Gasteiger partial charge in [0.15, 0.2) is 5.69 Å². The molecule has 4 rings (SSSR count). The number of pyridine rings is 1. The summed E-state index contributed by atoms with van der Waals surface area (Å²) >= 11 is 0. The summed E-state index contributed by atoms with van der Waals surface area (Å²) in [5.41, 5.74) is 2.05. The first-order chi connectivity index (χ1) is 11.6. The van der Waals surface area contributed by atoms with Crippen LogP contribution in [0.2, 0.25) is 0 Å². The molecule has 0 bridgehead atoms. The van der Waals surface area contributed by atoms with Crippen molar-refractivity contribution in [3.63, 3.8) is 0 Å². The van der Waals surface area contributed by atoms with Gasteiger partial charge in [-0.15, -0.1) is 0 Å². The Balaban J connectivity index is 1.78. The van der Waals surface area contributed by atoms with Crippen LogP contribution in [0, 0.1) is 10.1 Å². The molecule has 1 unspecified atom stereocenters. The Morgan fingerprint density at radius 3 is 3.00 bits per heavy atom. The Kier molecular flexibility index (Phi) is 3.23. The first kappa shape index (κ1) is 14.3. The summed E-state index contributed by atoms with van der Waals surface area (Å²) < 4.78 is 3.56. The Labute approximate surface area is 137 Å². The van der Waals surface area contributed by atoms with Crippen molar-refractivity contribution in [2.45, 2.75) is 12.5 Å². The van der Waals surface area contributed by atoms with Gasteiger partial charge in [-0.2, -0.15) is 4.57 Å². The number of hydrogen-bond donors (Lipinski definition) is 0. The summed E-state index contributed by atoms with van der Waals surface area (Å²) in [5.74, 6) is 0.383. The number of nitrogens with zero attached hydrogens (tertiary/aromatic N) is 6. The molecule has 0 saturated heterocycles. The first-order valence-corrected chi connectivity index (χ1v) is 7.46. The van der Waals surface area contributed by atoms with Crippen LogP contribution >= 0.6 is 0 Å². The molecule has 2 aromatic heterocycles. The maximum atomic E-state index is 11.4. The van der Waals surface area contributed by atoms with E-state index in [1.165, 1.54) is 17.2 Å². The van der Waals surface area contributed by atoms with E-state index in [1.54, 1.807) is 0 Å². The van der Waals surface area contributed by atoms with Gasteiger partial charge in [-0.25, -0.2) is 5.10 Å². The van der Waals surface area contributed by atoms with Crippen molar-refractivity contribution in [3.8, 4) is 0 Å². The molecule has 8 nitrogen and oxygen atoms in total. The smallest absolute Gasteiger partial charge is 0.259 e. The standard InChI is InChI=1S/C16H14N6O2/c1-20-12(7-6-11-4-2-3-5-13(11)20)8-14-15(22(23)24)9-17-16-18-10-19-21(14)16/h2-7,9-10,14H,8H2,1H3. The van der Waals surface area contributed by atoms with E-state index in [-0.39, 0.29) is 5.70 Å². The third-order valence-corrected chi connectivity index (χ3v) is 4.30. The summed E-state index contributed by atoms with van der Waals surface area (Å²) in [6.45, 7) is 0. The van der Waals surface area contributed by atoms with E-state index < -0.39 is 11.0 Å². The van der Waals surface area contributed by atoms with E-state index in [0.717, 1.165) is 16.6 Å². The minimum atomic E-state index is -0.539. The second kappa shape index (κ2) is 5.41. The second-order valence-corrected chi connectivity index (χ2v) is 5.61. The molecule has 3 heterocycles. The summed E-state index contributed by atoms with van der Waals surface area (Å²) in [5, 5.41) is 20.6. The molecule has 1 aromatic carbocycles. The number of benzene rings is 1. The van der Waals surface area contributed by atoms with Crippen molar-refractivity contribution in [1.82, 2.24) is 14.8 Å². The molecule has 0 saturated carbocycles. The van der Waals surface area contributed by atoms with E-state index in [9.17, 15) is 10.1 Å². The Morgan fingerprint density at radius 2 is 2.17 bits per heavy atom. The van der Waals surface area contributed by atoms with Gasteiger partial charge in [0.1, 0.15) is 13.1 Å². The molecule has 1 aliphatic heterocycles. The highest BCUT2D eigenvalue weighted by Gasteiger charge is 2.30. The lowest BCUT2D eigenvalue weighted by Gasteiger charge is -2.25. The molecule has 24 heavy (non-hydrogen) atoms. The largest absolute Gasteiger partial charge is 0.359 e. The molecule has 8 heteroatoms. The van der Waals surface area contributed by atoms with Crippen molar-refractivity contribution in [2.75, 3.05) is 0 Å². The van der Waals surface area contributed by atoms with Crippen LogP contribution < -0.4 is 4.57 Å². The molecule has 120 valence electrons. The van der Waals surface area contributed by atoms with Gasteiger partial charge in [-0.05, 0) is 12.1 Å². The number of aromatic nitrogens is 4. The minimum absolute atomic E-state index is 0.0150. The average molecular weight is 322 g/mol. The number of nitro groups is 1. The third kappa shape index (κ3) is 2.19. The van der Waals surface area contributed by atoms with Gasteiger partial charge >= 0.3 is 0 Å². The van der Waals surface area contributed by atoms with E-state index in [2.05, 4.69) is 20.0 Å². The quantitative estimate of drug-likeness (QED) is 0.420. The zero-order valence-electron chi connectivity index (χ0n) is 12.9. The van der Waals surface area contributed by atoms with Crippen LogP contribution in [0.3, 0.4) is 0 Å². The fraction of sp³-hybridized carbons (Fsp3) is 0.188. The number of allylic oxidation sites excluding steroid dienone is 1. The lowest BCUT2D eigenvalue weighted by atomic mass is 10.1. The number of rotatable bonds is 3. The van der Waals surface area contributed by atoms with Crippen molar-refractivity contribution >= 4 is 16.9 Å². The molecule has 1 aliphatic rings. The highest BCUT2D eigenvalue weighted by molar-refractivity contribution is 5.75. The monoisotopic (exact) mass is 322 g/mol. The van der Waals surface area contributed by atoms with E-state index in [4.69, 9.17) is 0 Å². The van der Waals surface area contributed by atoms with Crippen LogP contribution in [-0.2, 0) is 13.5 Å². The molecule has 1 atom stereocenters. The van der Waals surface area contributed by atoms with Crippen molar-refractivity contribution in [1.29, 1.82) is 0 Å². The van der Waals surface area contributed by atoms with Crippen LogP contribution in [0.1, 0.15) is 11.7 Å². The summed E-state index contributed by atoms with van der Waals surface area (Å²) in [7, 11) is 1.96. The number of para-hydroxylation sites is 1. The van der Waals surface area contributed by atoms with Crippen molar-refractivity contribution < 1.29 is 9.49 Å². The summed E-state index contributed by atoms with van der Waals surface area (Å²) in [6, 6.07) is 11.5. The topological polar surface area (TPSA) is 91.8 Å². The number of aryl methyl sites for hydroxylation is 1. The predicted molar refractivity (Wildman–Crippen MR) is 86.0 cm³/mol. The first-order valence-electron chi connectivity index (χ1n) is 7.46. The summed E-state index contributed by atoms with van der Waals surface area (Å²) in [6.07, 6.45) is 3.07. The third-order valence-electron chi connectivity index (χ3n) is 4.30. The molecule has 0 N–H and O–H groups in total. The van der Waals surface area contributed by atoms with Gasteiger partial charge in [-0.1, -0.05) is 12.1 Å². The van der Waals surface area contributed by atoms with E-state index in [0.29, 0.717) is 12.4 Å². The average Bonchev–Trinajstić information content (AvgIpc) is 3.06. The maximum Gasteiger partial charge on any atom is 0.259 e. The van der Waals surface area contributed by atoms with Gasteiger partial charge in [0.05, 0.1) is 17.7 Å². The molecular formula is C16H14N6O2. The Bertz CT molecular complexity index is 978. The highest BCUT2D eigenvalue weighted by atomic mass is 16.6. The molecule has 0 aliphatic carbocycles. The minimum Gasteiger partial charge on any atom is -0.359 e. The van der Waals surface area contributed by atoms with Gasteiger partial charge in [0.2, 0.25) is 5.52 Å². The molecule has 0 spiro atoms. The summed E-state index contributed by atoms with van der Waals surface area (Å²) in [4.78, 5) is 15.0. The zero-order chi connectivity index (χ0) is 16.7. The van der Waals surface area contributed by atoms with E-state index in [1.807, 2.05) is 43.4 Å². The Hall–Kier alpha value is -3.29. The molecule has 3 aromatic rings. The van der Waals surface area contributed by atoms with Gasteiger partial charge < -0.3 is 15.0 Å². The van der Waals surface area contributed by atoms with Crippen molar-refractivity contribution in [3.05, 3.63) is 75.7 Å². The lowest BCUT2D eigenvalue weighted by molar-refractivity contribution is -0.653. The van der Waals surface area contributed by atoms with Crippen LogP contribution in [-0.4, -0.2) is 19.7 Å². The SMILES string of the molecule is C[n+]1c(CC2C([N+](=O)[O-])=C[N-]c3ncnn32)ccc2ccccc21. The molecule has 0 fully saturated rings. The zero-order valence-corrected chi connectivity index (χ0v) is 12.9. The predicted octanol–water partition coefficient (Wildman–Crippen LogP) is 2.18. The second-order valence-electron chi connectivity index (χ2n) is 5.61. The van der Waals surface area contributed by atoms with Gasteiger partial charge in [0, 0.05) is 29.7 Å². The fourth-order valence-electron chi connectivity index (χ4n) is 3.04. The van der Waals surface area contributed by atoms with Crippen LogP contribution in [0.15, 0.2) is 54.6 Å². The van der Waals surface area contributed by atoms with E-state index >= 15 is 0 Å². The Morgan fingerprint density at radius 1 is 1.33 bits per heavy atom. The number of hydrogen-bond acceptors (Lipinski definition) is 4. The number of fused-ring (bicyclic) bond motifs is 2. The van der Waals surface area contributed by atoms with Crippen molar-refractivity contribution in [2.24, 2.45) is 7.05 Å². The molecular weight excluding hydrogens is 308 g/mol. The van der Waals surface area contributed by atoms with Gasteiger partial charge in [0.25, 0.3) is 5.70 Å². The molecule has 0 amide bonds. The maximum absolute atomic E-state index is 11.4. The van der Waals surface area contributed by atoms with Gasteiger partial charge in [-0.3, -0.25) is 10.1 Å². The lowest BCUT2D eigenvalue weighted by Crippen LogP contribution is -2.36.